The molecule has 3 heteroatoms. The summed E-state index contributed by atoms with van der Waals surface area (Å²) in [6.07, 6.45) is 0. The quantitative estimate of drug-likeness (QED) is 0.714. The minimum atomic E-state index is 0.812. The van der Waals surface area contributed by atoms with Crippen LogP contribution in [0, 0.1) is 0 Å². The summed E-state index contributed by atoms with van der Waals surface area (Å²) in [6, 6.07) is 8.07. The molecule has 0 bridgehead atoms. The van der Waals surface area contributed by atoms with Gasteiger partial charge in [0.1, 0.15) is 0 Å². The highest BCUT2D eigenvalue weighted by Gasteiger charge is 1.94. The van der Waals surface area contributed by atoms with Gasteiger partial charge in [-0.1, -0.05) is 23.7 Å². The Balaban J connectivity index is 2.21. The minimum Gasteiger partial charge on any atom is -0.309 e. The Bertz CT molecular complexity index is 258. The molecule has 0 spiro atoms. The Morgan fingerprint density at radius 2 is 1.86 bits per heavy atom. The summed E-state index contributed by atoms with van der Waals surface area (Å²) in [5.74, 6) is 2.25. The van der Waals surface area contributed by atoms with Crippen molar-refractivity contribution in [2.45, 2.75) is 5.75 Å². The molecule has 78 valence electrons. The van der Waals surface area contributed by atoms with Crippen molar-refractivity contribution in [3.05, 3.63) is 34.9 Å². The van der Waals surface area contributed by atoms with Crippen LogP contribution < -0.4 is 0 Å². The van der Waals surface area contributed by atoms with E-state index in [1.807, 2.05) is 23.9 Å². The summed E-state index contributed by atoms with van der Waals surface area (Å²) in [7, 11) is 4.20. The van der Waals surface area contributed by atoms with Crippen LogP contribution in [-0.2, 0) is 5.75 Å². The first-order valence-corrected chi connectivity index (χ1v) is 6.18. The maximum Gasteiger partial charge on any atom is 0.0406 e. The van der Waals surface area contributed by atoms with Gasteiger partial charge >= 0.3 is 0 Å². The largest absolute Gasteiger partial charge is 0.309 e. The third kappa shape index (κ3) is 4.89. The lowest BCUT2D eigenvalue weighted by atomic mass is 10.2. The third-order valence-corrected chi connectivity index (χ3v) is 3.13. The Morgan fingerprint density at radius 1 is 1.21 bits per heavy atom. The van der Waals surface area contributed by atoms with E-state index >= 15 is 0 Å². The first kappa shape index (κ1) is 11.9. The highest BCUT2D eigenvalue weighted by Crippen LogP contribution is 2.15. The molecule has 0 heterocycles. The van der Waals surface area contributed by atoms with Crippen LogP contribution in [0.15, 0.2) is 24.3 Å². The Morgan fingerprint density at radius 3 is 2.43 bits per heavy atom. The van der Waals surface area contributed by atoms with Crippen LogP contribution in [0.2, 0.25) is 5.02 Å². The first-order chi connectivity index (χ1) is 6.68. The summed E-state index contributed by atoms with van der Waals surface area (Å²) in [6.45, 7) is 1.14. The van der Waals surface area contributed by atoms with E-state index < -0.39 is 0 Å². The number of thioether (sulfide) groups is 1. The molecule has 1 rings (SSSR count). The van der Waals surface area contributed by atoms with Gasteiger partial charge in [0.25, 0.3) is 0 Å². The fourth-order valence-corrected chi connectivity index (χ4v) is 2.21. The number of hydrogen-bond donors (Lipinski definition) is 0. The zero-order valence-corrected chi connectivity index (χ0v) is 10.2. The zero-order chi connectivity index (χ0) is 10.4. The third-order valence-electron chi connectivity index (χ3n) is 1.86. The van der Waals surface area contributed by atoms with Crippen LogP contribution in [-0.4, -0.2) is 31.3 Å². The van der Waals surface area contributed by atoms with Crippen molar-refractivity contribution in [1.82, 2.24) is 4.90 Å². The Hall–Kier alpha value is -0.180. The monoisotopic (exact) mass is 229 g/mol. The highest BCUT2D eigenvalue weighted by atomic mass is 35.5. The molecule has 0 fully saturated rings. The molecule has 1 aromatic rings. The van der Waals surface area contributed by atoms with E-state index in [1.54, 1.807) is 0 Å². The van der Waals surface area contributed by atoms with Crippen molar-refractivity contribution in [2.24, 2.45) is 0 Å². The van der Waals surface area contributed by atoms with Crippen LogP contribution >= 0.6 is 23.4 Å². The predicted octanol–water partition coefficient (Wildman–Crippen LogP) is 3.13. The lowest BCUT2D eigenvalue weighted by Crippen LogP contribution is -2.14. The maximum atomic E-state index is 5.80. The summed E-state index contributed by atoms with van der Waals surface area (Å²) >= 11 is 7.76. The van der Waals surface area contributed by atoms with Gasteiger partial charge in [0, 0.05) is 23.1 Å². The molecule has 0 atom stereocenters. The summed E-state index contributed by atoms with van der Waals surface area (Å²) in [5.41, 5.74) is 1.35. The second kappa shape index (κ2) is 6.33. The number of nitrogens with zero attached hydrogens (tertiary/aromatic N) is 1. The van der Waals surface area contributed by atoms with Crippen molar-refractivity contribution in [2.75, 3.05) is 26.4 Å². The molecular weight excluding hydrogens is 214 g/mol. The molecule has 0 aromatic heterocycles. The van der Waals surface area contributed by atoms with Crippen LogP contribution in [0.5, 0.6) is 0 Å². The molecule has 0 saturated heterocycles. The second-order valence-electron chi connectivity index (χ2n) is 3.48. The van der Waals surface area contributed by atoms with Gasteiger partial charge in [0.2, 0.25) is 0 Å². The average molecular weight is 230 g/mol. The molecule has 0 N–H and O–H groups in total. The van der Waals surface area contributed by atoms with Crippen molar-refractivity contribution >= 4 is 23.4 Å². The van der Waals surface area contributed by atoms with E-state index in [2.05, 4.69) is 31.1 Å². The highest BCUT2D eigenvalue weighted by molar-refractivity contribution is 7.98. The minimum absolute atomic E-state index is 0.812. The van der Waals surface area contributed by atoms with Crippen molar-refractivity contribution in [3.8, 4) is 0 Å². The van der Waals surface area contributed by atoms with Gasteiger partial charge in [-0.25, -0.2) is 0 Å². The van der Waals surface area contributed by atoms with Crippen LogP contribution in [0.1, 0.15) is 5.56 Å². The van der Waals surface area contributed by atoms with Gasteiger partial charge in [0.05, 0.1) is 0 Å². The molecule has 1 aromatic carbocycles. The van der Waals surface area contributed by atoms with Gasteiger partial charge in [-0.15, -0.1) is 0 Å². The Kier molecular flexibility index (Phi) is 5.38. The van der Waals surface area contributed by atoms with E-state index in [4.69, 9.17) is 11.6 Å². The fourth-order valence-electron chi connectivity index (χ4n) is 1.02. The van der Waals surface area contributed by atoms with E-state index in [1.165, 1.54) is 11.3 Å². The number of rotatable bonds is 5. The fraction of sp³-hybridized carbons (Fsp3) is 0.455. The SMILES string of the molecule is CN(C)CCSCc1ccc(Cl)cc1. The first-order valence-electron chi connectivity index (χ1n) is 4.65. The van der Waals surface area contributed by atoms with Crippen molar-refractivity contribution < 1.29 is 0 Å². The van der Waals surface area contributed by atoms with Crippen LogP contribution in [0.25, 0.3) is 0 Å². The molecule has 0 radical (unpaired) electrons. The molecule has 0 aliphatic heterocycles. The van der Waals surface area contributed by atoms with E-state index in [0.717, 1.165) is 17.3 Å². The van der Waals surface area contributed by atoms with Gasteiger partial charge in [-0.3, -0.25) is 0 Å². The van der Waals surface area contributed by atoms with Gasteiger partial charge in [-0.05, 0) is 31.8 Å². The molecular formula is C11H16ClNS. The molecule has 0 aliphatic rings. The van der Waals surface area contributed by atoms with Crippen molar-refractivity contribution in [1.29, 1.82) is 0 Å². The van der Waals surface area contributed by atoms with E-state index in [0.29, 0.717) is 0 Å². The second-order valence-corrected chi connectivity index (χ2v) is 5.02. The molecule has 14 heavy (non-hydrogen) atoms. The lowest BCUT2D eigenvalue weighted by molar-refractivity contribution is 0.437. The van der Waals surface area contributed by atoms with Crippen LogP contribution in [0.4, 0.5) is 0 Å². The van der Waals surface area contributed by atoms with Crippen molar-refractivity contribution in [3.63, 3.8) is 0 Å². The topological polar surface area (TPSA) is 3.24 Å². The molecule has 1 nitrogen and oxygen atoms in total. The average Bonchev–Trinajstić information content (AvgIpc) is 2.15. The predicted molar refractivity (Wildman–Crippen MR) is 66.2 cm³/mol. The maximum absolute atomic E-state index is 5.80. The molecule has 0 saturated carbocycles. The smallest absolute Gasteiger partial charge is 0.0406 e. The summed E-state index contributed by atoms with van der Waals surface area (Å²) < 4.78 is 0. The van der Waals surface area contributed by atoms with Crippen LogP contribution in [0.3, 0.4) is 0 Å². The number of halogens is 1. The Labute approximate surface area is 95.4 Å². The molecule has 0 amide bonds. The van der Waals surface area contributed by atoms with Gasteiger partial charge in [0.15, 0.2) is 0 Å². The standard InChI is InChI=1S/C11H16ClNS/c1-13(2)7-8-14-9-10-3-5-11(12)6-4-10/h3-6H,7-9H2,1-2H3. The molecule has 0 unspecified atom stereocenters. The van der Waals surface area contributed by atoms with E-state index in [9.17, 15) is 0 Å². The molecule has 0 aliphatic carbocycles. The zero-order valence-electron chi connectivity index (χ0n) is 8.66. The van der Waals surface area contributed by atoms with Gasteiger partial charge < -0.3 is 4.90 Å². The summed E-state index contributed by atoms with van der Waals surface area (Å²) in [5, 5.41) is 0.812. The van der Waals surface area contributed by atoms with E-state index in [-0.39, 0.29) is 0 Å². The number of benzene rings is 1. The lowest BCUT2D eigenvalue weighted by Gasteiger charge is -2.08. The number of hydrogen-bond acceptors (Lipinski definition) is 2. The normalized spacial score (nSPS) is 10.9. The summed E-state index contributed by atoms with van der Waals surface area (Å²) in [4.78, 5) is 2.20. The van der Waals surface area contributed by atoms with Gasteiger partial charge in [-0.2, -0.15) is 11.8 Å².